The van der Waals surface area contributed by atoms with Crippen LogP contribution in [0.3, 0.4) is 0 Å². The van der Waals surface area contributed by atoms with Crippen LogP contribution in [0.25, 0.3) is 10.8 Å². The van der Waals surface area contributed by atoms with E-state index in [9.17, 15) is 8.42 Å². The zero-order chi connectivity index (χ0) is 11.1. The molecule has 0 aliphatic heterocycles. The molecule has 5 heteroatoms. The van der Waals surface area contributed by atoms with E-state index in [-0.39, 0.29) is 4.90 Å². The molecule has 0 radical (unpaired) electrons. The lowest BCUT2D eigenvalue weighted by molar-refractivity contribution is 0.598. The molecule has 0 bridgehead atoms. The number of hydrogen-bond donors (Lipinski definition) is 2. The first-order chi connectivity index (χ1) is 6.98. The van der Waals surface area contributed by atoms with Crippen LogP contribution in [0.4, 0.5) is 0 Å². The van der Waals surface area contributed by atoms with E-state index in [0.29, 0.717) is 10.3 Å². The molecule has 2 aromatic rings. The Morgan fingerprint density at radius 3 is 2.47 bits per heavy atom. The highest BCUT2D eigenvalue weighted by Gasteiger charge is 2.12. The van der Waals surface area contributed by atoms with Crippen LogP contribution in [-0.2, 0) is 10.0 Å². The summed E-state index contributed by atoms with van der Waals surface area (Å²) in [6, 6.07) is 10.4. The van der Waals surface area contributed by atoms with Gasteiger partial charge in [-0.15, -0.1) is 12.6 Å². The molecule has 0 heterocycles. The van der Waals surface area contributed by atoms with Crippen LogP contribution in [0.1, 0.15) is 0 Å². The van der Waals surface area contributed by atoms with Crippen molar-refractivity contribution in [3.63, 3.8) is 0 Å². The Kier molecular flexibility index (Phi) is 2.46. The van der Waals surface area contributed by atoms with E-state index in [1.165, 1.54) is 6.07 Å². The Morgan fingerprint density at radius 2 is 1.80 bits per heavy atom. The Labute approximate surface area is 93.4 Å². The number of rotatable bonds is 1. The third kappa shape index (κ3) is 1.99. The standard InChI is InChI=1S/C10H9NO2S2/c11-15(12,13)10-6-8(14)5-7-3-1-2-4-9(7)10/h1-6,14H,(H2,11,12,13). The average molecular weight is 239 g/mol. The van der Waals surface area contributed by atoms with Crippen molar-refractivity contribution in [1.82, 2.24) is 0 Å². The molecule has 2 rings (SSSR count). The van der Waals surface area contributed by atoms with Crippen LogP contribution in [0.2, 0.25) is 0 Å². The van der Waals surface area contributed by atoms with Crippen LogP contribution >= 0.6 is 12.6 Å². The van der Waals surface area contributed by atoms with Gasteiger partial charge in [0.25, 0.3) is 0 Å². The topological polar surface area (TPSA) is 60.2 Å². The SMILES string of the molecule is NS(=O)(=O)c1cc(S)cc2ccccc12. The van der Waals surface area contributed by atoms with E-state index >= 15 is 0 Å². The number of nitrogens with two attached hydrogens (primary N) is 1. The molecule has 0 aliphatic rings. The van der Waals surface area contributed by atoms with Gasteiger partial charge in [-0.05, 0) is 17.5 Å². The fraction of sp³-hybridized carbons (Fsp3) is 0. The highest BCUT2D eigenvalue weighted by molar-refractivity contribution is 7.89. The van der Waals surface area contributed by atoms with E-state index < -0.39 is 10.0 Å². The van der Waals surface area contributed by atoms with Crippen molar-refractivity contribution in [2.24, 2.45) is 5.14 Å². The fourth-order valence-electron chi connectivity index (χ4n) is 1.50. The van der Waals surface area contributed by atoms with E-state index in [2.05, 4.69) is 12.6 Å². The third-order valence-electron chi connectivity index (χ3n) is 2.12. The molecular weight excluding hydrogens is 230 g/mol. The van der Waals surface area contributed by atoms with E-state index in [0.717, 1.165) is 5.39 Å². The summed E-state index contributed by atoms with van der Waals surface area (Å²) in [4.78, 5) is 0.698. The van der Waals surface area contributed by atoms with Crippen molar-refractivity contribution in [1.29, 1.82) is 0 Å². The molecule has 0 aromatic heterocycles. The molecule has 0 spiro atoms. The van der Waals surface area contributed by atoms with Gasteiger partial charge in [-0.2, -0.15) is 0 Å². The predicted octanol–water partition coefficient (Wildman–Crippen LogP) is 1.78. The van der Waals surface area contributed by atoms with Crippen LogP contribution < -0.4 is 5.14 Å². The first kappa shape index (κ1) is 10.5. The van der Waals surface area contributed by atoms with Gasteiger partial charge in [0.2, 0.25) is 10.0 Å². The average Bonchev–Trinajstić information content (AvgIpc) is 2.15. The van der Waals surface area contributed by atoms with Crippen molar-refractivity contribution in [2.45, 2.75) is 9.79 Å². The molecule has 78 valence electrons. The van der Waals surface area contributed by atoms with Gasteiger partial charge in [0.1, 0.15) is 0 Å². The molecular formula is C10H9NO2S2. The van der Waals surface area contributed by atoms with E-state index in [1.807, 2.05) is 12.1 Å². The van der Waals surface area contributed by atoms with Gasteiger partial charge in [0.15, 0.2) is 0 Å². The lowest BCUT2D eigenvalue weighted by atomic mass is 10.1. The van der Waals surface area contributed by atoms with Crippen molar-refractivity contribution < 1.29 is 8.42 Å². The zero-order valence-electron chi connectivity index (χ0n) is 7.71. The van der Waals surface area contributed by atoms with Crippen molar-refractivity contribution in [2.75, 3.05) is 0 Å². The van der Waals surface area contributed by atoms with Gasteiger partial charge in [0, 0.05) is 10.3 Å². The second-order valence-corrected chi connectivity index (χ2v) is 5.26. The van der Waals surface area contributed by atoms with Crippen molar-refractivity contribution >= 4 is 33.4 Å². The summed E-state index contributed by atoms with van der Waals surface area (Å²) in [7, 11) is -3.70. The lowest BCUT2D eigenvalue weighted by Gasteiger charge is -2.05. The van der Waals surface area contributed by atoms with Crippen LogP contribution in [0.5, 0.6) is 0 Å². The zero-order valence-corrected chi connectivity index (χ0v) is 9.42. The van der Waals surface area contributed by atoms with E-state index in [4.69, 9.17) is 5.14 Å². The van der Waals surface area contributed by atoms with Gasteiger partial charge in [-0.1, -0.05) is 24.3 Å². The maximum atomic E-state index is 11.3. The fourth-order valence-corrected chi connectivity index (χ4v) is 2.63. The Bertz CT molecular complexity index is 620. The maximum Gasteiger partial charge on any atom is 0.238 e. The lowest BCUT2D eigenvalue weighted by Crippen LogP contribution is -2.12. The summed E-state index contributed by atoms with van der Waals surface area (Å²) in [5, 5.41) is 6.57. The minimum atomic E-state index is -3.70. The highest BCUT2D eigenvalue weighted by Crippen LogP contribution is 2.25. The minimum absolute atomic E-state index is 0.116. The molecule has 0 saturated heterocycles. The van der Waals surface area contributed by atoms with Gasteiger partial charge in [-0.25, -0.2) is 13.6 Å². The normalized spacial score (nSPS) is 11.9. The Balaban J connectivity index is 2.96. The Morgan fingerprint density at radius 1 is 1.13 bits per heavy atom. The van der Waals surface area contributed by atoms with Crippen LogP contribution in [-0.4, -0.2) is 8.42 Å². The molecule has 0 amide bonds. The summed E-state index contributed by atoms with van der Waals surface area (Å²) >= 11 is 4.14. The summed E-state index contributed by atoms with van der Waals surface area (Å²) in [6.45, 7) is 0. The van der Waals surface area contributed by atoms with Crippen LogP contribution in [0.15, 0.2) is 46.2 Å². The number of benzene rings is 2. The van der Waals surface area contributed by atoms with Gasteiger partial charge >= 0.3 is 0 Å². The largest absolute Gasteiger partial charge is 0.238 e. The quantitative estimate of drug-likeness (QED) is 0.745. The second-order valence-electron chi connectivity index (χ2n) is 3.21. The third-order valence-corrected chi connectivity index (χ3v) is 3.32. The first-order valence-electron chi connectivity index (χ1n) is 4.23. The molecule has 3 nitrogen and oxygen atoms in total. The molecule has 0 unspecified atom stereocenters. The molecule has 2 N–H and O–H groups in total. The number of sulfonamides is 1. The summed E-state index contributed by atoms with van der Waals surface area (Å²) in [5.74, 6) is 0. The van der Waals surface area contributed by atoms with Crippen molar-refractivity contribution in [3.8, 4) is 0 Å². The molecule has 15 heavy (non-hydrogen) atoms. The second kappa shape index (κ2) is 3.52. The van der Waals surface area contributed by atoms with Crippen LogP contribution in [0, 0.1) is 0 Å². The molecule has 0 fully saturated rings. The molecule has 0 atom stereocenters. The number of hydrogen-bond acceptors (Lipinski definition) is 3. The Hall–Kier alpha value is -1.04. The minimum Gasteiger partial charge on any atom is -0.225 e. The van der Waals surface area contributed by atoms with Gasteiger partial charge in [-0.3, -0.25) is 0 Å². The van der Waals surface area contributed by atoms with Gasteiger partial charge in [0.05, 0.1) is 4.90 Å². The first-order valence-corrected chi connectivity index (χ1v) is 6.22. The maximum absolute atomic E-state index is 11.3. The predicted molar refractivity (Wildman–Crippen MR) is 62.6 cm³/mol. The van der Waals surface area contributed by atoms with Gasteiger partial charge < -0.3 is 0 Å². The monoisotopic (exact) mass is 239 g/mol. The smallest absolute Gasteiger partial charge is 0.225 e. The van der Waals surface area contributed by atoms with E-state index in [1.54, 1.807) is 18.2 Å². The number of thiol groups is 1. The number of primary sulfonamides is 1. The summed E-state index contributed by atoms with van der Waals surface area (Å²) < 4.78 is 22.7. The number of fused-ring (bicyclic) bond motifs is 1. The highest BCUT2D eigenvalue weighted by atomic mass is 32.2. The summed E-state index contributed by atoms with van der Waals surface area (Å²) in [6.07, 6.45) is 0. The molecule has 0 saturated carbocycles. The molecule has 2 aromatic carbocycles. The summed E-state index contributed by atoms with van der Waals surface area (Å²) in [5.41, 5.74) is 0. The molecule has 0 aliphatic carbocycles. The van der Waals surface area contributed by atoms with Crippen molar-refractivity contribution in [3.05, 3.63) is 36.4 Å².